The molecule has 1 saturated heterocycles. The third kappa shape index (κ3) is 2.90. The van der Waals surface area contributed by atoms with Gasteiger partial charge in [0.05, 0.1) is 10.5 Å². The van der Waals surface area contributed by atoms with Crippen LogP contribution in [0.25, 0.3) is 17.4 Å². The third-order valence-corrected chi connectivity index (χ3v) is 3.58. The maximum absolute atomic E-state index is 12.0. The van der Waals surface area contributed by atoms with E-state index in [2.05, 4.69) is 0 Å². The van der Waals surface area contributed by atoms with Crippen molar-refractivity contribution >= 4 is 29.6 Å². The largest absolute Gasteiger partial charge is 0.456 e. The lowest BCUT2D eigenvalue weighted by molar-refractivity contribution is -0.384. The fourth-order valence-corrected chi connectivity index (χ4v) is 2.30. The molecular formula is C16H11N3O6. The Balaban J connectivity index is 1.98. The van der Waals surface area contributed by atoms with Gasteiger partial charge in [-0.05, 0) is 24.3 Å². The van der Waals surface area contributed by atoms with Crippen LogP contribution in [0, 0.1) is 10.1 Å². The Bertz CT molecular complexity index is 943. The third-order valence-electron chi connectivity index (χ3n) is 3.58. The molecule has 1 N–H and O–H groups in total. The van der Waals surface area contributed by atoms with E-state index in [9.17, 15) is 24.5 Å². The number of hydrogen-bond acceptors (Lipinski definition) is 6. The number of benzene rings is 1. The zero-order valence-electron chi connectivity index (χ0n) is 12.9. The number of carbonyl (C=O) groups is 3. The molecular weight excluding hydrogens is 330 g/mol. The average Bonchev–Trinajstić information content (AvgIpc) is 3.05. The molecule has 1 aromatic carbocycles. The highest BCUT2D eigenvalue weighted by atomic mass is 16.6. The molecule has 1 aromatic heterocycles. The molecule has 9 nitrogen and oxygen atoms in total. The normalized spacial score (nSPS) is 16.3. The predicted molar refractivity (Wildman–Crippen MR) is 85.1 cm³/mol. The molecule has 9 heteroatoms. The van der Waals surface area contributed by atoms with E-state index in [4.69, 9.17) is 4.42 Å². The van der Waals surface area contributed by atoms with Crippen molar-refractivity contribution in [1.29, 1.82) is 0 Å². The minimum absolute atomic E-state index is 0.132. The highest BCUT2D eigenvalue weighted by Gasteiger charge is 2.33. The van der Waals surface area contributed by atoms with E-state index >= 15 is 0 Å². The van der Waals surface area contributed by atoms with Gasteiger partial charge in [-0.25, -0.2) is 4.79 Å². The van der Waals surface area contributed by atoms with E-state index in [1.165, 1.54) is 43.5 Å². The number of nitrogens with one attached hydrogen (secondary N) is 1. The SMILES string of the molecule is CN1C(=O)NC(=O)/C(=C/c2ccc(-c3ccccc3[N+](=O)[O-])o2)C1=O. The van der Waals surface area contributed by atoms with Crippen LogP contribution in [-0.2, 0) is 9.59 Å². The van der Waals surface area contributed by atoms with Gasteiger partial charge in [0.2, 0.25) is 0 Å². The topological polar surface area (TPSA) is 123 Å². The first-order valence-electron chi connectivity index (χ1n) is 7.07. The Morgan fingerprint density at radius 3 is 2.60 bits per heavy atom. The van der Waals surface area contributed by atoms with Gasteiger partial charge in [-0.2, -0.15) is 0 Å². The number of amides is 4. The van der Waals surface area contributed by atoms with Crippen molar-refractivity contribution in [1.82, 2.24) is 10.2 Å². The van der Waals surface area contributed by atoms with Gasteiger partial charge in [0.1, 0.15) is 17.1 Å². The molecule has 0 saturated carbocycles. The number of nitro groups is 1. The van der Waals surface area contributed by atoms with Crippen LogP contribution in [0.2, 0.25) is 0 Å². The predicted octanol–water partition coefficient (Wildman–Crippen LogP) is 1.95. The summed E-state index contributed by atoms with van der Waals surface area (Å²) >= 11 is 0. The molecule has 3 rings (SSSR count). The van der Waals surface area contributed by atoms with Crippen LogP contribution >= 0.6 is 0 Å². The summed E-state index contributed by atoms with van der Waals surface area (Å²) in [6, 6.07) is 8.18. The Kier molecular flexibility index (Phi) is 3.89. The molecule has 0 radical (unpaired) electrons. The first kappa shape index (κ1) is 16.1. The molecule has 4 amide bonds. The zero-order valence-corrected chi connectivity index (χ0v) is 12.9. The lowest BCUT2D eigenvalue weighted by atomic mass is 10.1. The van der Waals surface area contributed by atoms with Crippen LogP contribution < -0.4 is 5.32 Å². The van der Waals surface area contributed by atoms with Gasteiger partial charge in [0.25, 0.3) is 17.5 Å². The van der Waals surface area contributed by atoms with E-state index in [0.29, 0.717) is 0 Å². The van der Waals surface area contributed by atoms with Gasteiger partial charge >= 0.3 is 6.03 Å². The minimum Gasteiger partial charge on any atom is -0.456 e. The summed E-state index contributed by atoms with van der Waals surface area (Å²) in [6.07, 6.45) is 1.18. The summed E-state index contributed by atoms with van der Waals surface area (Å²) in [4.78, 5) is 46.5. The number of hydrogen-bond donors (Lipinski definition) is 1. The molecule has 1 aliphatic rings. The molecule has 0 atom stereocenters. The number of para-hydroxylation sites is 1. The first-order valence-corrected chi connectivity index (χ1v) is 7.07. The number of urea groups is 1. The number of likely N-dealkylation sites (N-methyl/N-ethyl adjacent to an activating group) is 1. The van der Waals surface area contributed by atoms with Gasteiger partial charge in [-0.1, -0.05) is 12.1 Å². The summed E-state index contributed by atoms with van der Waals surface area (Å²) in [5, 5.41) is 13.1. The van der Waals surface area contributed by atoms with Crippen LogP contribution in [-0.4, -0.2) is 34.7 Å². The van der Waals surface area contributed by atoms with Crippen molar-refractivity contribution in [3.05, 3.63) is 57.8 Å². The molecule has 0 aliphatic carbocycles. The van der Waals surface area contributed by atoms with Gasteiger partial charge in [0, 0.05) is 13.1 Å². The number of imide groups is 2. The van der Waals surface area contributed by atoms with Crippen molar-refractivity contribution in [2.45, 2.75) is 0 Å². The Hall–Kier alpha value is -3.75. The van der Waals surface area contributed by atoms with Gasteiger partial charge < -0.3 is 4.42 Å². The number of carbonyl (C=O) groups excluding carboxylic acids is 3. The quantitative estimate of drug-likeness (QED) is 0.394. The van der Waals surface area contributed by atoms with E-state index in [-0.39, 0.29) is 28.3 Å². The van der Waals surface area contributed by atoms with Crippen LogP contribution in [0.5, 0.6) is 0 Å². The number of nitro benzene ring substituents is 1. The number of rotatable bonds is 3. The Labute approximate surface area is 140 Å². The van der Waals surface area contributed by atoms with Gasteiger partial charge in [-0.3, -0.25) is 29.9 Å². The highest BCUT2D eigenvalue weighted by Crippen LogP contribution is 2.31. The Morgan fingerprint density at radius 2 is 1.88 bits per heavy atom. The fraction of sp³-hybridized carbons (Fsp3) is 0.0625. The summed E-state index contributed by atoms with van der Waals surface area (Å²) in [6.45, 7) is 0. The Morgan fingerprint density at radius 1 is 1.16 bits per heavy atom. The van der Waals surface area contributed by atoms with E-state index < -0.39 is 22.8 Å². The molecule has 25 heavy (non-hydrogen) atoms. The maximum Gasteiger partial charge on any atom is 0.331 e. The van der Waals surface area contributed by atoms with Crippen LogP contribution in [0.1, 0.15) is 5.76 Å². The van der Waals surface area contributed by atoms with E-state index in [1.807, 2.05) is 5.32 Å². The summed E-state index contributed by atoms with van der Waals surface area (Å²) in [5.74, 6) is -1.24. The second kappa shape index (κ2) is 6.04. The molecule has 1 fully saturated rings. The molecule has 0 spiro atoms. The van der Waals surface area contributed by atoms with Crippen LogP contribution in [0.3, 0.4) is 0 Å². The zero-order chi connectivity index (χ0) is 18.1. The summed E-state index contributed by atoms with van der Waals surface area (Å²) < 4.78 is 5.51. The first-order chi connectivity index (χ1) is 11.9. The highest BCUT2D eigenvalue weighted by molar-refractivity contribution is 6.30. The van der Waals surface area contributed by atoms with Crippen molar-refractivity contribution in [3.63, 3.8) is 0 Å². The van der Waals surface area contributed by atoms with Crippen molar-refractivity contribution in [2.24, 2.45) is 0 Å². The standard InChI is InChI=1S/C16H11N3O6/c1-18-15(21)11(14(20)17-16(18)22)8-9-6-7-13(25-9)10-4-2-3-5-12(10)19(23)24/h2-8H,1H3,(H,17,20,22)/b11-8-. The van der Waals surface area contributed by atoms with Gasteiger partial charge in [-0.15, -0.1) is 0 Å². The van der Waals surface area contributed by atoms with Crippen LogP contribution in [0.15, 0.2) is 46.4 Å². The fourth-order valence-electron chi connectivity index (χ4n) is 2.30. The smallest absolute Gasteiger partial charge is 0.331 e. The average molecular weight is 341 g/mol. The second-order valence-electron chi connectivity index (χ2n) is 5.16. The molecule has 0 unspecified atom stereocenters. The summed E-state index contributed by atoms with van der Waals surface area (Å²) in [5.41, 5.74) is -0.137. The lowest BCUT2D eigenvalue weighted by Crippen LogP contribution is -2.52. The minimum atomic E-state index is -0.836. The molecule has 126 valence electrons. The van der Waals surface area contributed by atoms with Crippen molar-refractivity contribution in [3.8, 4) is 11.3 Å². The van der Waals surface area contributed by atoms with E-state index in [0.717, 1.165) is 4.90 Å². The number of barbiturate groups is 1. The van der Waals surface area contributed by atoms with Crippen molar-refractivity contribution in [2.75, 3.05) is 7.05 Å². The second-order valence-corrected chi connectivity index (χ2v) is 5.16. The number of nitrogens with zero attached hydrogens (tertiary/aromatic N) is 2. The molecule has 1 aliphatic heterocycles. The van der Waals surface area contributed by atoms with E-state index in [1.54, 1.807) is 6.07 Å². The monoisotopic (exact) mass is 341 g/mol. The molecule has 2 heterocycles. The molecule has 0 bridgehead atoms. The van der Waals surface area contributed by atoms with Crippen molar-refractivity contribution < 1.29 is 23.7 Å². The van der Waals surface area contributed by atoms with Crippen LogP contribution in [0.4, 0.5) is 10.5 Å². The summed E-state index contributed by atoms with van der Waals surface area (Å²) in [7, 11) is 1.23. The number of furan rings is 1. The maximum atomic E-state index is 12.0. The molecule has 2 aromatic rings. The lowest BCUT2D eigenvalue weighted by Gasteiger charge is -2.21. The van der Waals surface area contributed by atoms with Gasteiger partial charge in [0.15, 0.2) is 0 Å².